The van der Waals surface area contributed by atoms with Crippen LogP contribution >= 0.6 is 11.6 Å². The zero-order valence-corrected chi connectivity index (χ0v) is 6.63. The fourth-order valence-electron chi connectivity index (χ4n) is 0.722. The van der Waals surface area contributed by atoms with Crippen LogP contribution in [-0.4, -0.2) is 17.8 Å². The quantitative estimate of drug-likeness (QED) is 0.502. The van der Waals surface area contributed by atoms with Gasteiger partial charge in [-0.3, -0.25) is 4.68 Å². The van der Waals surface area contributed by atoms with Gasteiger partial charge in [-0.15, -0.1) is 0 Å². The molecule has 0 aromatic carbocycles. The predicted octanol–water partition coefficient (Wildman–Crippen LogP) is 0.642. The van der Waals surface area contributed by atoms with Gasteiger partial charge >= 0.3 is 5.97 Å². The SMILES string of the molecule is COC(=O)c1c(Cl)ccn1N. The van der Waals surface area contributed by atoms with Gasteiger partial charge in [-0.25, -0.2) is 4.79 Å². The third-order valence-corrected chi connectivity index (χ3v) is 1.55. The van der Waals surface area contributed by atoms with Gasteiger partial charge in [-0.2, -0.15) is 0 Å². The first-order chi connectivity index (χ1) is 5.16. The molecule has 0 spiro atoms. The normalized spacial score (nSPS) is 9.64. The molecule has 0 bridgehead atoms. The number of carbonyl (C=O) groups is 1. The molecule has 1 heterocycles. The summed E-state index contributed by atoms with van der Waals surface area (Å²) in [7, 11) is 1.27. The van der Waals surface area contributed by atoms with Crippen molar-refractivity contribution >= 4 is 17.6 Å². The molecule has 0 unspecified atom stereocenters. The van der Waals surface area contributed by atoms with Crippen LogP contribution in [0.5, 0.6) is 0 Å². The number of ether oxygens (including phenoxy) is 1. The Bertz CT molecular complexity index is 263. The predicted molar refractivity (Wildman–Crippen MR) is 40.9 cm³/mol. The number of esters is 1. The number of hydrogen-bond acceptors (Lipinski definition) is 3. The fourth-order valence-corrected chi connectivity index (χ4v) is 0.953. The minimum Gasteiger partial charge on any atom is -0.464 e. The number of methoxy groups -OCH3 is 1. The fraction of sp³-hybridized carbons (Fsp3) is 0.167. The summed E-state index contributed by atoms with van der Waals surface area (Å²) in [6, 6.07) is 1.52. The Morgan fingerprint density at radius 1 is 1.82 bits per heavy atom. The Hall–Kier alpha value is -1.16. The first-order valence-corrected chi connectivity index (χ1v) is 3.25. The lowest BCUT2D eigenvalue weighted by atomic mass is 10.4. The standard InChI is InChI=1S/C6H7ClN2O2/c1-11-6(10)5-4(7)2-3-9(5)8/h2-3H,8H2,1H3. The molecule has 0 fully saturated rings. The molecule has 0 aliphatic heterocycles. The molecule has 0 radical (unpaired) electrons. The van der Waals surface area contributed by atoms with Gasteiger partial charge in [0.25, 0.3) is 0 Å². The van der Waals surface area contributed by atoms with E-state index in [0.717, 1.165) is 4.68 Å². The lowest BCUT2D eigenvalue weighted by Crippen LogP contribution is -2.16. The van der Waals surface area contributed by atoms with E-state index in [1.165, 1.54) is 19.4 Å². The number of nitrogen functional groups attached to an aromatic ring is 1. The van der Waals surface area contributed by atoms with Crippen LogP contribution in [0.4, 0.5) is 0 Å². The van der Waals surface area contributed by atoms with Gasteiger partial charge in [-0.1, -0.05) is 11.6 Å². The molecule has 11 heavy (non-hydrogen) atoms. The molecular formula is C6H7ClN2O2. The van der Waals surface area contributed by atoms with Gasteiger partial charge in [0.05, 0.1) is 12.1 Å². The molecule has 0 saturated carbocycles. The Labute approximate surface area is 68.5 Å². The van der Waals surface area contributed by atoms with E-state index < -0.39 is 5.97 Å². The van der Waals surface area contributed by atoms with E-state index in [4.69, 9.17) is 17.4 Å². The highest BCUT2D eigenvalue weighted by Gasteiger charge is 2.14. The Kier molecular flexibility index (Phi) is 2.05. The highest BCUT2D eigenvalue weighted by Crippen LogP contribution is 2.15. The average Bonchev–Trinajstić information content (AvgIpc) is 2.30. The number of aromatic nitrogens is 1. The van der Waals surface area contributed by atoms with Crippen LogP contribution in [0, 0.1) is 0 Å². The summed E-state index contributed by atoms with van der Waals surface area (Å²) in [6.45, 7) is 0. The number of hydrogen-bond donors (Lipinski definition) is 1. The molecule has 0 aliphatic carbocycles. The molecule has 0 saturated heterocycles. The van der Waals surface area contributed by atoms with Crippen molar-refractivity contribution in [2.75, 3.05) is 13.0 Å². The number of carbonyl (C=O) groups excluding carboxylic acids is 1. The van der Waals surface area contributed by atoms with Crippen molar-refractivity contribution < 1.29 is 9.53 Å². The van der Waals surface area contributed by atoms with E-state index in [9.17, 15) is 4.79 Å². The maximum atomic E-state index is 10.9. The Morgan fingerprint density at radius 2 is 2.45 bits per heavy atom. The molecule has 2 N–H and O–H groups in total. The van der Waals surface area contributed by atoms with Crippen molar-refractivity contribution in [1.82, 2.24) is 4.68 Å². The van der Waals surface area contributed by atoms with Gasteiger partial charge in [0.2, 0.25) is 0 Å². The number of nitrogens with zero attached hydrogens (tertiary/aromatic N) is 1. The third kappa shape index (κ3) is 1.30. The van der Waals surface area contributed by atoms with Crippen molar-refractivity contribution in [3.8, 4) is 0 Å². The zero-order valence-electron chi connectivity index (χ0n) is 5.87. The molecule has 1 aromatic heterocycles. The number of nitrogens with two attached hydrogens (primary N) is 1. The monoisotopic (exact) mass is 174 g/mol. The molecule has 4 nitrogen and oxygen atoms in total. The zero-order chi connectivity index (χ0) is 8.43. The average molecular weight is 175 g/mol. The topological polar surface area (TPSA) is 57.2 Å². The van der Waals surface area contributed by atoms with Crippen molar-refractivity contribution in [3.05, 3.63) is 23.0 Å². The molecule has 60 valence electrons. The molecule has 0 aliphatic rings. The molecule has 1 rings (SSSR count). The maximum absolute atomic E-state index is 10.9. The number of halogens is 1. The Balaban J connectivity index is 3.10. The van der Waals surface area contributed by atoms with Crippen LogP contribution in [0.2, 0.25) is 5.02 Å². The van der Waals surface area contributed by atoms with Crippen LogP contribution in [-0.2, 0) is 4.74 Å². The molecule has 1 aromatic rings. The van der Waals surface area contributed by atoms with Crippen molar-refractivity contribution in [2.24, 2.45) is 0 Å². The second-order valence-corrected chi connectivity index (χ2v) is 2.32. The largest absolute Gasteiger partial charge is 0.464 e. The summed E-state index contributed by atoms with van der Waals surface area (Å²) >= 11 is 5.62. The first-order valence-electron chi connectivity index (χ1n) is 2.87. The van der Waals surface area contributed by atoms with Gasteiger partial charge in [-0.05, 0) is 6.07 Å². The van der Waals surface area contributed by atoms with E-state index in [1.54, 1.807) is 0 Å². The van der Waals surface area contributed by atoms with E-state index in [0.29, 0.717) is 5.02 Å². The highest BCUT2D eigenvalue weighted by atomic mass is 35.5. The second-order valence-electron chi connectivity index (χ2n) is 1.91. The highest BCUT2D eigenvalue weighted by molar-refractivity contribution is 6.33. The Morgan fingerprint density at radius 3 is 2.82 bits per heavy atom. The summed E-state index contributed by atoms with van der Waals surface area (Å²) in [4.78, 5) is 10.9. The maximum Gasteiger partial charge on any atom is 0.358 e. The first kappa shape index (κ1) is 7.94. The summed E-state index contributed by atoms with van der Waals surface area (Å²) in [6.07, 6.45) is 1.48. The van der Waals surface area contributed by atoms with Crippen LogP contribution < -0.4 is 5.84 Å². The van der Waals surface area contributed by atoms with E-state index in [-0.39, 0.29) is 5.69 Å². The van der Waals surface area contributed by atoms with Crippen LogP contribution in [0.3, 0.4) is 0 Å². The minimum absolute atomic E-state index is 0.161. The lowest BCUT2D eigenvalue weighted by Gasteiger charge is -2.00. The van der Waals surface area contributed by atoms with Crippen LogP contribution in [0.1, 0.15) is 10.5 Å². The van der Waals surface area contributed by atoms with Crippen LogP contribution in [0.15, 0.2) is 12.3 Å². The van der Waals surface area contributed by atoms with E-state index in [2.05, 4.69) is 4.74 Å². The molecule has 0 amide bonds. The summed E-state index contributed by atoms with van der Waals surface area (Å²) in [5.41, 5.74) is 0.161. The lowest BCUT2D eigenvalue weighted by molar-refractivity contribution is 0.0591. The molecular weight excluding hydrogens is 168 g/mol. The van der Waals surface area contributed by atoms with E-state index in [1.807, 2.05) is 0 Å². The van der Waals surface area contributed by atoms with Gasteiger partial charge in [0, 0.05) is 6.20 Å². The third-order valence-electron chi connectivity index (χ3n) is 1.24. The molecule has 0 atom stereocenters. The van der Waals surface area contributed by atoms with Gasteiger partial charge in [0.1, 0.15) is 0 Å². The van der Waals surface area contributed by atoms with Crippen LogP contribution in [0.25, 0.3) is 0 Å². The van der Waals surface area contributed by atoms with Crippen molar-refractivity contribution in [1.29, 1.82) is 0 Å². The van der Waals surface area contributed by atoms with E-state index >= 15 is 0 Å². The molecule has 5 heteroatoms. The number of rotatable bonds is 1. The summed E-state index contributed by atoms with van der Waals surface area (Å²) in [5, 5.41) is 0.291. The van der Waals surface area contributed by atoms with Crippen molar-refractivity contribution in [3.63, 3.8) is 0 Å². The van der Waals surface area contributed by atoms with Gasteiger partial charge in [0.15, 0.2) is 5.69 Å². The summed E-state index contributed by atoms with van der Waals surface area (Å²) in [5.74, 6) is 4.81. The smallest absolute Gasteiger partial charge is 0.358 e. The second kappa shape index (κ2) is 2.84. The minimum atomic E-state index is -0.539. The van der Waals surface area contributed by atoms with Gasteiger partial charge < -0.3 is 10.6 Å². The summed E-state index contributed by atoms with van der Waals surface area (Å²) < 4.78 is 5.55. The van der Waals surface area contributed by atoms with Crippen molar-refractivity contribution in [2.45, 2.75) is 0 Å².